The van der Waals surface area contributed by atoms with Crippen LogP contribution in [0.4, 0.5) is 11.4 Å². The zero-order chi connectivity index (χ0) is 14.1. The molecule has 2 rings (SSSR count). The first-order valence-corrected chi connectivity index (χ1v) is 5.28. The maximum Gasteiger partial charge on any atom is 0.328 e. The zero-order valence-corrected chi connectivity index (χ0v) is 9.85. The molecule has 1 aliphatic rings. The molecule has 6 heteroatoms. The van der Waals surface area contributed by atoms with E-state index in [9.17, 15) is 9.59 Å². The van der Waals surface area contributed by atoms with E-state index in [2.05, 4.69) is 10.3 Å². The number of allylic oxidation sites excluding steroid dienone is 1. The lowest BCUT2D eigenvalue weighted by atomic mass is 10.3. The van der Waals surface area contributed by atoms with Crippen LogP contribution in [0, 0.1) is 0 Å². The van der Waals surface area contributed by atoms with Crippen LogP contribution in [-0.4, -0.2) is 28.4 Å². The van der Waals surface area contributed by atoms with E-state index >= 15 is 0 Å². The monoisotopic (exact) mass is 260 g/mol. The summed E-state index contributed by atoms with van der Waals surface area (Å²) in [6.45, 7) is 0. The van der Waals surface area contributed by atoms with Crippen molar-refractivity contribution >= 4 is 29.5 Å². The Morgan fingerprint density at radius 2 is 1.74 bits per heavy atom. The molecule has 0 bridgehead atoms. The second kappa shape index (κ2) is 7.44. The molecule has 0 aliphatic carbocycles. The largest absolute Gasteiger partial charge is 0.478 e. The van der Waals surface area contributed by atoms with E-state index in [1.54, 1.807) is 6.21 Å². The first kappa shape index (κ1) is 14.2. The number of aliphatic imine (C=N–C) groups is 1. The Labute approximate surface area is 109 Å². The highest BCUT2D eigenvalue weighted by molar-refractivity contribution is 5.89. The summed E-state index contributed by atoms with van der Waals surface area (Å²) in [5.41, 5.74) is 2.04. The lowest BCUT2D eigenvalue weighted by molar-refractivity contribution is -0.134. The molecule has 1 aromatic carbocycles. The van der Waals surface area contributed by atoms with Crippen LogP contribution in [-0.2, 0) is 9.59 Å². The fraction of sp³-hybridized carbons (Fsp3) is 0. The Kier molecular flexibility index (Phi) is 5.55. The number of para-hydroxylation sites is 2. The molecule has 98 valence electrons. The van der Waals surface area contributed by atoms with Crippen LogP contribution in [0.2, 0.25) is 0 Å². The quantitative estimate of drug-likeness (QED) is 0.707. The molecule has 6 nitrogen and oxygen atoms in total. The van der Waals surface area contributed by atoms with Crippen molar-refractivity contribution in [2.75, 3.05) is 5.32 Å². The van der Waals surface area contributed by atoms with Crippen LogP contribution < -0.4 is 5.32 Å². The van der Waals surface area contributed by atoms with E-state index in [1.165, 1.54) is 0 Å². The van der Waals surface area contributed by atoms with Gasteiger partial charge in [-0.1, -0.05) is 12.1 Å². The van der Waals surface area contributed by atoms with E-state index in [0.717, 1.165) is 11.4 Å². The molecular weight excluding hydrogens is 248 g/mol. The van der Waals surface area contributed by atoms with Crippen molar-refractivity contribution in [2.24, 2.45) is 4.99 Å². The average Bonchev–Trinajstić information content (AvgIpc) is 2.62. The first-order chi connectivity index (χ1) is 9.09. The highest BCUT2D eigenvalue weighted by Crippen LogP contribution is 2.24. The van der Waals surface area contributed by atoms with E-state index in [1.807, 2.05) is 36.5 Å². The standard InChI is InChI=1S/C9H8N2.C4H4O4/c1-2-5-9-8(4-1)10-6-3-7-11-9;5-3(6)1-2-4(7)8/h1-7,10H;1-2H,(H,5,6)(H,7,8)/b;2-1-. The van der Waals surface area contributed by atoms with Crippen LogP contribution in [0.25, 0.3) is 0 Å². The van der Waals surface area contributed by atoms with Gasteiger partial charge in [0.05, 0.1) is 11.4 Å². The first-order valence-electron chi connectivity index (χ1n) is 5.28. The number of benzene rings is 1. The number of carbonyl (C=O) groups is 2. The van der Waals surface area contributed by atoms with Gasteiger partial charge >= 0.3 is 11.9 Å². The number of rotatable bonds is 2. The molecule has 0 amide bonds. The third kappa shape index (κ3) is 5.83. The van der Waals surface area contributed by atoms with Gasteiger partial charge in [0.1, 0.15) is 0 Å². The number of aliphatic carboxylic acids is 2. The van der Waals surface area contributed by atoms with E-state index in [-0.39, 0.29) is 0 Å². The van der Waals surface area contributed by atoms with E-state index < -0.39 is 11.9 Å². The molecule has 0 aromatic heterocycles. The number of fused-ring (bicyclic) bond motifs is 1. The smallest absolute Gasteiger partial charge is 0.328 e. The van der Waals surface area contributed by atoms with Crippen LogP contribution in [0.15, 0.2) is 53.7 Å². The van der Waals surface area contributed by atoms with Gasteiger partial charge in [0.2, 0.25) is 0 Å². The third-order valence-corrected chi connectivity index (χ3v) is 1.91. The third-order valence-electron chi connectivity index (χ3n) is 1.91. The summed E-state index contributed by atoms with van der Waals surface area (Å²) < 4.78 is 0. The summed E-state index contributed by atoms with van der Waals surface area (Å²) in [5, 5.41) is 18.7. The Morgan fingerprint density at radius 1 is 1.11 bits per heavy atom. The maximum absolute atomic E-state index is 9.55. The zero-order valence-electron chi connectivity index (χ0n) is 9.85. The molecule has 0 saturated heterocycles. The van der Waals surface area contributed by atoms with Gasteiger partial charge in [-0.2, -0.15) is 0 Å². The van der Waals surface area contributed by atoms with Crippen molar-refractivity contribution in [3.8, 4) is 0 Å². The maximum atomic E-state index is 9.55. The topological polar surface area (TPSA) is 99.0 Å². The normalized spacial score (nSPS) is 11.8. The molecular formula is C13H12N2O4. The van der Waals surface area contributed by atoms with Crippen molar-refractivity contribution in [1.29, 1.82) is 0 Å². The van der Waals surface area contributed by atoms with Crippen LogP contribution >= 0.6 is 0 Å². The minimum absolute atomic E-state index is 0.558. The number of nitrogens with one attached hydrogen (secondary N) is 1. The number of nitrogens with zero attached hydrogens (tertiary/aromatic N) is 1. The SMILES string of the molecule is C1=CNc2ccccc2N=C1.O=C(O)/C=C\C(=O)O. The molecule has 3 N–H and O–H groups in total. The molecule has 1 aromatic rings. The summed E-state index contributed by atoms with van der Waals surface area (Å²) in [7, 11) is 0. The Morgan fingerprint density at radius 3 is 2.37 bits per heavy atom. The highest BCUT2D eigenvalue weighted by atomic mass is 16.4. The van der Waals surface area contributed by atoms with Crippen molar-refractivity contribution < 1.29 is 19.8 Å². The lowest BCUT2D eigenvalue weighted by Crippen LogP contribution is -1.91. The molecule has 0 fully saturated rings. The summed E-state index contributed by atoms with van der Waals surface area (Å²) >= 11 is 0. The molecule has 0 unspecified atom stereocenters. The van der Waals surface area contributed by atoms with Gasteiger partial charge in [-0.05, 0) is 18.2 Å². The summed E-state index contributed by atoms with van der Waals surface area (Å²) in [4.78, 5) is 23.3. The average molecular weight is 260 g/mol. The second-order valence-corrected chi connectivity index (χ2v) is 3.31. The molecule has 19 heavy (non-hydrogen) atoms. The van der Waals surface area contributed by atoms with Gasteiger partial charge in [-0.3, -0.25) is 4.99 Å². The van der Waals surface area contributed by atoms with Gasteiger partial charge in [-0.25, -0.2) is 9.59 Å². The van der Waals surface area contributed by atoms with Crippen molar-refractivity contribution in [3.63, 3.8) is 0 Å². The Balaban J connectivity index is 0.000000203. The number of carboxylic acids is 2. The minimum Gasteiger partial charge on any atom is -0.478 e. The molecule has 0 spiro atoms. The molecule has 0 atom stereocenters. The minimum atomic E-state index is -1.26. The van der Waals surface area contributed by atoms with Gasteiger partial charge in [0.25, 0.3) is 0 Å². The molecule has 1 aliphatic heterocycles. The van der Waals surface area contributed by atoms with Gasteiger partial charge in [0, 0.05) is 24.6 Å². The van der Waals surface area contributed by atoms with Gasteiger partial charge in [-0.15, -0.1) is 0 Å². The number of anilines is 1. The Hall–Kier alpha value is -2.89. The van der Waals surface area contributed by atoms with Crippen molar-refractivity contribution in [1.82, 2.24) is 0 Å². The second-order valence-electron chi connectivity index (χ2n) is 3.31. The van der Waals surface area contributed by atoms with E-state index in [4.69, 9.17) is 10.2 Å². The summed E-state index contributed by atoms with van der Waals surface area (Å²) in [6, 6.07) is 7.94. The summed E-state index contributed by atoms with van der Waals surface area (Å²) in [6.07, 6.45) is 6.64. The number of hydrogen-bond acceptors (Lipinski definition) is 4. The molecule has 0 saturated carbocycles. The van der Waals surface area contributed by atoms with Crippen molar-refractivity contribution in [2.45, 2.75) is 0 Å². The van der Waals surface area contributed by atoms with Crippen LogP contribution in [0.3, 0.4) is 0 Å². The molecule has 0 radical (unpaired) electrons. The lowest BCUT2D eigenvalue weighted by Gasteiger charge is -2.00. The predicted octanol–water partition coefficient (Wildman–Crippen LogP) is 2.04. The number of hydrogen-bond donors (Lipinski definition) is 3. The highest BCUT2D eigenvalue weighted by Gasteiger charge is 1.97. The Bertz CT molecular complexity index is 531. The van der Waals surface area contributed by atoms with Gasteiger partial charge in [0.15, 0.2) is 0 Å². The fourth-order valence-corrected chi connectivity index (χ4v) is 1.16. The predicted molar refractivity (Wildman–Crippen MR) is 71.8 cm³/mol. The van der Waals surface area contributed by atoms with E-state index in [0.29, 0.717) is 12.2 Å². The summed E-state index contributed by atoms with van der Waals surface area (Å²) in [5.74, 6) is -2.51. The molecule has 1 heterocycles. The number of carboxylic acid groups (broad SMARTS) is 2. The fourth-order valence-electron chi connectivity index (χ4n) is 1.16. The van der Waals surface area contributed by atoms with Crippen molar-refractivity contribution in [3.05, 3.63) is 48.7 Å². The van der Waals surface area contributed by atoms with Crippen LogP contribution in [0.5, 0.6) is 0 Å². The van der Waals surface area contributed by atoms with Crippen LogP contribution in [0.1, 0.15) is 0 Å². The van der Waals surface area contributed by atoms with Gasteiger partial charge < -0.3 is 15.5 Å².